The number of nitrogens with zero attached hydrogens (tertiary/aromatic N) is 2. The number of morpholine rings is 1. The number of ether oxygens (including phenoxy) is 1. The van der Waals surface area contributed by atoms with E-state index in [-0.39, 0.29) is 13.0 Å². The Bertz CT molecular complexity index is 642. The van der Waals surface area contributed by atoms with Gasteiger partial charge >= 0.3 is 6.18 Å². The molecule has 0 unspecified atom stereocenters. The van der Waals surface area contributed by atoms with Gasteiger partial charge in [0.15, 0.2) is 5.11 Å². The fourth-order valence-electron chi connectivity index (χ4n) is 2.71. The fraction of sp³-hybridized carbons (Fsp3) is 0.529. The van der Waals surface area contributed by atoms with Gasteiger partial charge in [-0.05, 0) is 30.4 Å². The number of rotatable bonds is 6. The molecule has 0 spiro atoms. The summed E-state index contributed by atoms with van der Waals surface area (Å²) in [6.45, 7) is 5.01. The van der Waals surface area contributed by atoms with Gasteiger partial charge in [0.25, 0.3) is 0 Å². The second-order valence-corrected chi connectivity index (χ2v) is 6.34. The van der Waals surface area contributed by atoms with Crippen molar-refractivity contribution >= 4 is 23.0 Å². The van der Waals surface area contributed by atoms with E-state index < -0.39 is 11.7 Å². The van der Waals surface area contributed by atoms with E-state index in [4.69, 9.17) is 22.2 Å². The van der Waals surface area contributed by atoms with Gasteiger partial charge in [-0.15, -0.1) is 0 Å². The van der Waals surface area contributed by atoms with Crippen LogP contribution in [0.4, 0.5) is 18.9 Å². The minimum Gasteiger partial charge on any atom is -0.370 e. The summed E-state index contributed by atoms with van der Waals surface area (Å²) in [5.74, 6) is 0. The van der Waals surface area contributed by atoms with Gasteiger partial charge in [-0.25, -0.2) is 0 Å². The number of thiocarbonyl (C=S) groups is 1. The Kier molecular flexibility index (Phi) is 7.63. The molecule has 1 aromatic carbocycles. The number of alkyl halides is 3. The second kappa shape index (κ2) is 9.71. The van der Waals surface area contributed by atoms with Crippen molar-refractivity contribution in [3.63, 3.8) is 0 Å². The van der Waals surface area contributed by atoms with Gasteiger partial charge in [-0.2, -0.15) is 18.4 Å². The van der Waals surface area contributed by atoms with Gasteiger partial charge in [0.05, 0.1) is 44.4 Å². The quantitative estimate of drug-likeness (QED) is 0.719. The zero-order chi connectivity index (χ0) is 19.0. The lowest BCUT2D eigenvalue weighted by Crippen LogP contribution is -3.14. The summed E-state index contributed by atoms with van der Waals surface area (Å²) < 4.78 is 44.2. The standard InChI is InChI=1S/C17H21F3N4OS/c18-17(19,20)14-3-1-4-15(13-14)24(7-2-5-21)16(26)22-6-8-23-9-11-25-12-10-23/h1,3-4,13H,2,6-12H2,(H,22,26)/p+1. The first-order valence-corrected chi connectivity index (χ1v) is 8.83. The molecule has 1 aliphatic rings. The van der Waals surface area contributed by atoms with Crippen molar-refractivity contribution in [3.8, 4) is 6.07 Å². The normalized spacial score (nSPS) is 15.3. The first kappa shape index (κ1) is 20.4. The van der Waals surface area contributed by atoms with Gasteiger partial charge in [-0.3, -0.25) is 0 Å². The number of anilines is 1. The lowest BCUT2D eigenvalue weighted by Gasteiger charge is -2.27. The van der Waals surface area contributed by atoms with E-state index in [9.17, 15) is 13.2 Å². The maximum absolute atomic E-state index is 13.0. The molecule has 0 aliphatic carbocycles. The summed E-state index contributed by atoms with van der Waals surface area (Å²) >= 11 is 5.36. The summed E-state index contributed by atoms with van der Waals surface area (Å²) in [6.07, 6.45) is -4.27. The number of quaternary nitrogens is 1. The Morgan fingerprint density at radius 3 is 2.73 bits per heavy atom. The summed E-state index contributed by atoms with van der Waals surface area (Å²) in [5, 5.41) is 12.3. The Labute approximate surface area is 156 Å². The first-order chi connectivity index (χ1) is 12.4. The van der Waals surface area contributed by atoms with Crippen LogP contribution in [0.5, 0.6) is 0 Å². The van der Waals surface area contributed by atoms with Crippen molar-refractivity contribution in [2.75, 3.05) is 50.8 Å². The average molecular weight is 387 g/mol. The van der Waals surface area contributed by atoms with E-state index in [1.165, 1.54) is 11.0 Å². The predicted octanol–water partition coefficient (Wildman–Crippen LogP) is 1.22. The highest BCUT2D eigenvalue weighted by atomic mass is 32.1. The van der Waals surface area contributed by atoms with Crippen LogP contribution in [0.15, 0.2) is 24.3 Å². The van der Waals surface area contributed by atoms with E-state index in [2.05, 4.69) is 5.32 Å². The Morgan fingerprint density at radius 2 is 2.08 bits per heavy atom. The fourth-order valence-corrected chi connectivity index (χ4v) is 3.01. The summed E-state index contributed by atoms with van der Waals surface area (Å²) in [6, 6.07) is 6.99. The molecule has 2 N–H and O–H groups in total. The summed E-state index contributed by atoms with van der Waals surface area (Å²) in [7, 11) is 0. The smallest absolute Gasteiger partial charge is 0.370 e. The molecule has 142 valence electrons. The van der Waals surface area contributed by atoms with Gasteiger partial charge in [0, 0.05) is 12.2 Å². The minimum atomic E-state index is -4.42. The number of benzene rings is 1. The van der Waals surface area contributed by atoms with Crippen molar-refractivity contribution in [1.29, 1.82) is 5.26 Å². The van der Waals surface area contributed by atoms with Crippen LogP contribution in [0.3, 0.4) is 0 Å². The van der Waals surface area contributed by atoms with Crippen LogP contribution in [0, 0.1) is 11.3 Å². The molecule has 1 aromatic rings. The molecule has 1 fully saturated rings. The van der Waals surface area contributed by atoms with Crippen molar-refractivity contribution in [2.45, 2.75) is 12.6 Å². The zero-order valence-corrected chi connectivity index (χ0v) is 15.1. The predicted molar refractivity (Wildman–Crippen MR) is 96.0 cm³/mol. The molecule has 26 heavy (non-hydrogen) atoms. The van der Waals surface area contributed by atoms with Gasteiger partial charge < -0.3 is 19.9 Å². The van der Waals surface area contributed by atoms with Gasteiger partial charge in [0.1, 0.15) is 13.1 Å². The maximum atomic E-state index is 13.0. The highest BCUT2D eigenvalue weighted by Gasteiger charge is 2.31. The zero-order valence-electron chi connectivity index (χ0n) is 14.3. The number of hydrogen-bond donors (Lipinski definition) is 2. The molecule has 0 saturated carbocycles. The average Bonchev–Trinajstić information content (AvgIpc) is 2.62. The molecule has 1 saturated heterocycles. The van der Waals surface area contributed by atoms with Crippen LogP contribution in [-0.4, -0.2) is 51.0 Å². The number of nitrogens with one attached hydrogen (secondary N) is 2. The number of halogens is 3. The van der Waals surface area contributed by atoms with Crippen LogP contribution in [0.1, 0.15) is 12.0 Å². The second-order valence-electron chi connectivity index (χ2n) is 5.95. The molecule has 0 atom stereocenters. The van der Waals surface area contributed by atoms with Crippen LogP contribution in [-0.2, 0) is 10.9 Å². The van der Waals surface area contributed by atoms with Gasteiger partial charge in [0.2, 0.25) is 0 Å². The molecule has 0 aromatic heterocycles. The third kappa shape index (κ3) is 6.12. The maximum Gasteiger partial charge on any atom is 0.416 e. The molecule has 0 amide bonds. The molecular weight excluding hydrogens is 365 g/mol. The molecule has 9 heteroatoms. The van der Waals surface area contributed by atoms with E-state index in [0.717, 1.165) is 45.0 Å². The Hall–Kier alpha value is -1.89. The van der Waals surface area contributed by atoms with Crippen LogP contribution in [0.25, 0.3) is 0 Å². The van der Waals surface area contributed by atoms with Crippen molar-refractivity contribution in [3.05, 3.63) is 29.8 Å². The summed E-state index contributed by atoms with van der Waals surface area (Å²) in [5.41, 5.74) is -0.413. The first-order valence-electron chi connectivity index (χ1n) is 8.42. The molecule has 0 radical (unpaired) electrons. The SMILES string of the molecule is N#CCCN(C(=S)NCC[NH+]1CCOCC1)c1cccc(C(F)(F)F)c1. The summed E-state index contributed by atoms with van der Waals surface area (Å²) in [4.78, 5) is 2.94. The van der Waals surface area contributed by atoms with E-state index in [0.29, 0.717) is 17.3 Å². The third-order valence-electron chi connectivity index (χ3n) is 4.13. The Balaban J connectivity index is 2.01. The Morgan fingerprint density at radius 1 is 1.35 bits per heavy atom. The molecule has 5 nitrogen and oxygen atoms in total. The van der Waals surface area contributed by atoms with Crippen molar-refractivity contribution in [2.24, 2.45) is 0 Å². The topological polar surface area (TPSA) is 52.7 Å². The monoisotopic (exact) mass is 387 g/mol. The highest BCUT2D eigenvalue weighted by molar-refractivity contribution is 7.80. The third-order valence-corrected chi connectivity index (χ3v) is 4.50. The van der Waals surface area contributed by atoms with E-state index in [1.54, 1.807) is 11.0 Å². The van der Waals surface area contributed by atoms with Gasteiger partial charge in [-0.1, -0.05) is 6.07 Å². The molecule has 0 bridgehead atoms. The van der Waals surface area contributed by atoms with E-state index >= 15 is 0 Å². The number of nitriles is 1. The highest BCUT2D eigenvalue weighted by Crippen LogP contribution is 2.31. The molecule has 1 heterocycles. The minimum absolute atomic E-state index is 0.160. The molecular formula is C17H22F3N4OS+. The lowest BCUT2D eigenvalue weighted by molar-refractivity contribution is -0.906. The van der Waals surface area contributed by atoms with Crippen LogP contribution in [0.2, 0.25) is 0 Å². The number of hydrogen-bond acceptors (Lipinski definition) is 3. The largest absolute Gasteiger partial charge is 0.416 e. The van der Waals surface area contributed by atoms with Crippen molar-refractivity contribution < 1.29 is 22.8 Å². The van der Waals surface area contributed by atoms with Crippen LogP contribution >= 0.6 is 12.2 Å². The molecule has 1 aliphatic heterocycles. The van der Waals surface area contributed by atoms with Crippen molar-refractivity contribution in [1.82, 2.24) is 5.32 Å². The van der Waals surface area contributed by atoms with E-state index in [1.807, 2.05) is 6.07 Å². The van der Waals surface area contributed by atoms with Crippen LogP contribution < -0.4 is 15.1 Å². The lowest BCUT2D eigenvalue weighted by atomic mass is 10.2. The molecule has 2 rings (SSSR count).